The summed E-state index contributed by atoms with van der Waals surface area (Å²) in [6.07, 6.45) is 0. The van der Waals surface area contributed by atoms with Crippen LogP contribution in [0.3, 0.4) is 0 Å². The Kier molecular flexibility index (Phi) is 4.00. The lowest BCUT2D eigenvalue weighted by atomic mass is 10.0. The second-order valence-electron chi connectivity index (χ2n) is 4.61. The van der Waals surface area contributed by atoms with E-state index in [-0.39, 0.29) is 12.6 Å². The van der Waals surface area contributed by atoms with Crippen LogP contribution in [0.1, 0.15) is 22.7 Å². The maximum atomic E-state index is 9.54. The van der Waals surface area contributed by atoms with Gasteiger partial charge in [-0.25, -0.2) is 0 Å². The molecular formula is C16H19NO. The molecule has 2 N–H and O–H groups in total. The van der Waals surface area contributed by atoms with Crippen molar-refractivity contribution in [2.75, 3.05) is 11.9 Å². The molecule has 0 spiro atoms. The summed E-state index contributed by atoms with van der Waals surface area (Å²) in [7, 11) is 0. The predicted molar refractivity (Wildman–Crippen MR) is 75.8 cm³/mol. The van der Waals surface area contributed by atoms with Gasteiger partial charge < -0.3 is 10.4 Å². The number of hydrogen-bond donors (Lipinski definition) is 2. The molecule has 2 rings (SSSR count). The van der Waals surface area contributed by atoms with Gasteiger partial charge in [0.05, 0.1) is 12.6 Å². The van der Waals surface area contributed by atoms with Crippen LogP contribution < -0.4 is 5.32 Å². The third-order valence-corrected chi connectivity index (χ3v) is 3.14. The van der Waals surface area contributed by atoms with Crippen molar-refractivity contribution in [1.82, 2.24) is 0 Å². The van der Waals surface area contributed by atoms with E-state index in [1.165, 1.54) is 11.1 Å². The van der Waals surface area contributed by atoms with Crippen molar-refractivity contribution in [3.05, 3.63) is 65.2 Å². The number of hydrogen-bond acceptors (Lipinski definition) is 2. The Bertz CT molecular complexity index is 505. The molecule has 0 bridgehead atoms. The minimum atomic E-state index is -0.0632. The lowest BCUT2D eigenvalue weighted by Gasteiger charge is -2.19. The summed E-state index contributed by atoms with van der Waals surface area (Å²) < 4.78 is 0. The van der Waals surface area contributed by atoms with Gasteiger partial charge in [-0.05, 0) is 31.0 Å². The van der Waals surface area contributed by atoms with E-state index >= 15 is 0 Å². The van der Waals surface area contributed by atoms with Crippen molar-refractivity contribution in [1.29, 1.82) is 0 Å². The molecule has 0 radical (unpaired) electrons. The maximum absolute atomic E-state index is 9.54. The molecular weight excluding hydrogens is 222 g/mol. The lowest BCUT2D eigenvalue weighted by molar-refractivity contribution is 0.276. The molecule has 1 atom stereocenters. The van der Waals surface area contributed by atoms with Crippen LogP contribution in [0.5, 0.6) is 0 Å². The first-order chi connectivity index (χ1) is 8.70. The standard InChI is InChI=1S/C16H19NO/c1-12-7-9-14(10-8-12)16(11-18)17-15-6-4-3-5-13(15)2/h3-10,16-18H,11H2,1-2H3. The quantitative estimate of drug-likeness (QED) is 0.859. The van der Waals surface area contributed by atoms with E-state index < -0.39 is 0 Å². The molecule has 2 nitrogen and oxygen atoms in total. The molecule has 94 valence electrons. The van der Waals surface area contributed by atoms with Gasteiger partial charge in [0, 0.05) is 5.69 Å². The van der Waals surface area contributed by atoms with Gasteiger partial charge in [-0.15, -0.1) is 0 Å². The van der Waals surface area contributed by atoms with E-state index in [1.807, 2.05) is 18.2 Å². The summed E-state index contributed by atoms with van der Waals surface area (Å²) >= 11 is 0. The van der Waals surface area contributed by atoms with Gasteiger partial charge in [-0.1, -0.05) is 48.0 Å². The molecule has 0 aliphatic heterocycles. The van der Waals surface area contributed by atoms with Crippen molar-refractivity contribution in [2.24, 2.45) is 0 Å². The number of nitrogens with one attached hydrogen (secondary N) is 1. The molecule has 0 aromatic heterocycles. The van der Waals surface area contributed by atoms with E-state index in [1.54, 1.807) is 0 Å². The van der Waals surface area contributed by atoms with Crippen LogP contribution in [0.25, 0.3) is 0 Å². The van der Waals surface area contributed by atoms with Crippen molar-refractivity contribution in [3.8, 4) is 0 Å². The molecule has 0 saturated heterocycles. The number of para-hydroxylation sites is 1. The van der Waals surface area contributed by atoms with Crippen LogP contribution in [0.4, 0.5) is 5.69 Å². The van der Waals surface area contributed by atoms with E-state index in [0.29, 0.717) is 0 Å². The average Bonchev–Trinajstić information content (AvgIpc) is 2.39. The maximum Gasteiger partial charge on any atom is 0.0745 e. The predicted octanol–water partition coefficient (Wildman–Crippen LogP) is 3.45. The van der Waals surface area contributed by atoms with Gasteiger partial charge in [-0.2, -0.15) is 0 Å². The van der Waals surface area contributed by atoms with Gasteiger partial charge in [0.15, 0.2) is 0 Å². The minimum absolute atomic E-state index is 0.0632. The van der Waals surface area contributed by atoms with Crippen LogP contribution in [0, 0.1) is 13.8 Å². The highest BCUT2D eigenvalue weighted by Crippen LogP contribution is 2.22. The van der Waals surface area contributed by atoms with E-state index in [9.17, 15) is 5.11 Å². The number of aliphatic hydroxyl groups excluding tert-OH is 1. The Morgan fingerprint density at radius 1 is 1.00 bits per heavy atom. The summed E-state index contributed by atoms with van der Waals surface area (Å²) in [5.41, 5.74) is 4.58. The Labute approximate surface area is 108 Å². The fourth-order valence-corrected chi connectivity index (χ4v) is 1.96. The van der Waals surface area contributed by atoms with Crippen LogP contribution >= 0.6 is 0 Å². The molecule has 0 amide bonds. The topological polar surface area (TPSA) is 32.3 Å². The molecule has 0 aliphatic carbocycles. The summed E-state index contributed by atoms with van der Waals surface area (Å²) in [5.74, 6) is 0. The Morgan fingerprint density at radius 2 is 1.67 bits per heavy atom. The second-order valence-corrected chi connectivity index (χ2v) is 4.61. The average molecular weight is 241 g/mol. The zero-order valence-electron chi connectivity index (χ0n) is 10.9. The first-order valence-electron chi connectivity index (χ1n) is 6.20. The van der Waals surface area contributed by atoms with Crippen molar-refractivity contribution >= 4 is 5.69 Å². The number of aryl methyl sites for hydroxylation is 2. The molecule has 1 unspecified atom stereocenters. The fraction of sp³-hybridized carbons (Fsp3) is 0.250. The van der Waals surface area contributed by atoms with Crippen LogP contribution in [0.15, 0.2) is 48.5 Å². The molecule has 2 aromatic rings. The van der Waals surface area contributed by atoms with Crippen LogP contribution in [-0.4, -0.2) is 11.7 Å². The minimum Gasteiger partial charge on any atom is -0.394 e. The van der Waals surface area contributed by atoms with E-state index in [2.05, 4.69) is 49.5 Å². The molecule has 0 fully saturated rings. The molecule has 0 aliphatic rings. The Hall–Kier alpha value is -1.80. The molecule has 0 saturated carbocycles. The van der Waals surface area contributed by atoms with Crippen molar-refractivity contribution < 1.29 is 5.11 Å². The summed E-state index contributed by atoms with van der Waals surface area (Å²) in [5, 5.41) is 12.9. The molecule has 0 heterocycles. The summed E-state index contributed by atoms with van der Waals surface area (Å²) in [6.45, 7) is 4.20. The van der Waals surface area contributed by atoms with Crippen LogP contribution in [0.2, 0.25) is 0 Å². The summed E-state index contributed by atoms with van der Waals surface area (Å²) in [4.78, 5) is 0. The smallest absolute Gasteiger partial charge is 0.0745 e. The highest BCUT2D eigenvalue weighted by Gasteiger charge is 2.10. The summed E-state index contributed by atoms with van der Waals surface area (Å²) in [6, 6.07) is 16.3. The highest BCUT2D eigenvalue weighted by molar-refractivity contribution is 5.52. The molecule has 2 heteroatoms. The van der Waals surface area contributed by atoms with Gasteiger partial charge >= 0.3 is 0 Å². The van der Waals surface area contributed by atoms with E-state index in [0.717, 1.165) is 11.3 Å². The Morgan fingerprint density at radius 3 is 2.28 bits per heavy atom. The van der Waals surface area contributed by atoms with Crippen molar-refractivity contribution in [3.63, 3.8) is 0 Å². The third-order valence-electron chi connectivity index (χ3n) is 3.14. The first kappa shape index (κ1) is 12.7. The number of aliphatic hydroxyl groups is 1. The first-order valence-corrected chi connectivity index (χ1v) is 6.20. The van der Waals surface area contributed by atoms with Crippen molar-refractivity contribution in [2.45, 2.75) is 19.9 Å². The largest absolute Gasteiger partial charge is 0.394 e. The third kappa shape index (κ3) is 2.90. The van der Waals surface area contributed by atoms with Crippen LogP contribution in [-0.2, 0) is 0 Å². The fourth-order valence-electron chi connectivity index (χ4n) is 1.96. The van der Waals surface area contributed by atoms with Gasteiger partial charge in [-0.3, -0.25) is 0 Å². The van der Waals surface area contributed by atoms with Gasteiger partial charge in [0.1, 0.15) is 0 Å². The number of benzene rings is 2. The lowest BCUT2D eigenvalue weighted by Crippen LogP contribution is -2.15. The SMILES string of the molecule is Cc1ccc(C(CO)Nc2ccccc2C)cc1. The Balaban J connectivity index is 2.20. The number of anilines is 1. The highest BCUT2D eigenvalue weighted by atomic mass is 16.3. The van der Waals surface area contributed by atoms with Gasteiger partial charge in [0.2, 0.25) is 0 Å². The zero-order chi connectivity index (χ0) is 13.0. The molecule has 2 aromatic carbocycles. The van der Waals surface area contributed by atoms with Gasteiger partial charge in [0.25, 0.3) is 0 Å². The monoisotopic (exact) mass is 241 g/mol. The normalized spacial score (nSPS) is 12.2. The zero-order valence-corrected chi connectivity index (χ0v) is 10.9. The molecule has 18 heavy (non-hydrogen) atoms. The number of rotatable bonds is 4. The second kappa shape index (κ2) is 5.69. The van der Waals surface area contributed by atoms with E-state index in [4.69, 9.17) is 0 Å².